The van der Waals surface area contributed by atoms with Crippen LogP contribution in [0.15, 0.2) is 51.7 Å². The molecule has 0 saturated carbocycles. The Kier molecular flexibility index (Phi) is 3.88. The Morgan fingerprint density at radius 2 is 1.77 bits per heavy atom. The van der Waals surface area contributed by atoms with Gasteiger partial charge in [-0.1, -0.05) is 49.7 Å². The lowest BCUT2D eigenvalue weighted by atomic mass is 9.95. The highest BCUT2D eigenvalue weighted by Crippen LogP contribution is 2.37. The fourth-order valence-electron chi connectivity index (χ4n) is 3.51. The minimum atomic E-state index is -0.460. The first-order valence-corrected chi connectivity index (χ1v) is 8.89. The zero-order valence-electron chi connectivity index (χ0n) is 14.7. The van der Waals surface area contributed by atoms with Gasteiger partial charge >= 0.3 is 0 Å². The van der Waals surface area contributed by atoms with Crippen LogP contribution < -0.4 is 5.43 Å². The average molecular weight is 368 g/mol. The lowest BCUT2D eigenvalue weighted by Gasteiger charge is -2.20. The summed E-state index contributed by atoms with van der Waals surface area (Å²) < 4.78 is 5.79. The molecular weight excluding hydrogens is 350 g/mol. The van der Waals surface area contributed by atoms with E-state index in [0.29, 0.717) is 27.5 Å². The molecule has 26 heavy (non-hydrogen) atoms. The topological polar surface area (TPSA) is 50.5 Å². The predicted molar refractivity (Wildman–Crippen MR) is 102 cm³/mol. The maximum atomic E-state index is 13.1. The van der Waals surface area contributed by atoms with E-state index < -0.39 is 6.04 Å². The number of carbonyl (C=O) groups is 1. The third-order valence-corrected chi connectivity index (χ3v) is 5.22. The summed E-state index contributed by atoms with van der Waals surface area (Å²) in [5.41, 5.74) is 2.63. The van der Waals surface area contributed by atoms with Gasteiger partial charge in [0.05, 0.1) is 17.0 Å². The SMILES string of the molecule is CC(C)c1ccc(C2c3c(oc4ccc(Cl)cc4c3=O)C(=O)N2C)cc1. The van der Waals surface area contributed by atoms with Gasteiger partial charge in [0.1, 0.15) is 5.58 Å². The van der Waals surface area contributed by atoms with E-state index >= 15 is 0 Å². The molecular formula is C21H18ClNO3. The van der Waals surface area contributed by atoms with Crippen molar-refractivity contribution in [3.05, 3.63) is 80.2 Å². The molecule has 3 aromatic rings. The lowest BCUT2D eigenvalue weighted by molar-refractivity contribution is 0.0771. The average Bonchev–Trinajstić information content (AvgIpc) is 2.87. The van der Waals surface area contributed by atoms with E-state index in [1.807, 2.05) is 24.3 Å². The van der Waals surface area contributed by atoms with Gasteiger partial charge in [-0.3, -0.25) is 9.59 Å². The van der Waals surface area contributed by atoms with Gasteiger partial charge in [0.25, 0.3) is 5.91 Å². The van der Waals surface area contributed by atoms with E-state index in [9.17, 15) is 9.59 Å². The summed E-state index contributed by atoms with van der Waals surface area (Å²) in [6, 6.07) is 12.4. The van der Waals surface area contributed by atoms with Crippen molar-refractivity contribution in [3.63, 3.8) is 0 Å². The second kappa shape index (κ2) is 5.99. The second-order valence-electron chi connectivity index (χ2n) is 6.95. The number of benzene rings is 2. The van der Waals surface area contributed by atoms with Gasteiger partial charge in [0, 0.05) is 12.1 Å². The van der Waals surface area contributed by atoms with Crippen LogP contribution in [-0.4, -0.2) is 17.9 Å². The van der Waals surface area contributed by atoms with Crippen LogP contribution in [0.3, 0.4) is 0 Å². The highest BCUT2D eigenvalue weighted by Gasteiger charge is 2.40. The standard InChI is InChI=1S/C21H18ClNO3/c1-11(2)12-4-6-13(7-5-12)18-17-19(24)15-10-14(22)8-9-16(15)26-20(17)21(25)23(18)3/h4-11,18H,1-3H3. The Labute approximate surface area is 156 Å². The van der Waals surface area contributed by atoms with E-state index in [2.05, 4.69) is 13.8 Å². The van der Waals surface area contributed by atoms with Gasteiger partial charge in [-0.05, 0) is 35.2 Å². The number of carbonyl (C=O) groups excluding carboxylic acids is 1. The molecule has 4 nitrogen and oxygen atoms in total. The van der Waals surface area contributed by atoms with E-state index in [1.165, 1.54) is 5.56 Å². The second-order valence-corrected chi connectivity index (χ2v) is 7.39. The summed E-state index contributed by atoms with van der Waals surface area (Å²) in [5, 5.41) is 0.850. The fourth-order valence-corrected chi connectivity index (χ4v) is 3.69. The number of hydrogen-bond acceptors (Lipinski definition) is 3. The van der Waals surface area contributed by atoms with Crippen LogP contribution >= 0.6 is 11.6 Å². The molecule has 1 amide bonds. The summed E-state index contributed by atoms with van der Waals surface area (Å²) in [6.45, 7) is 4.25. The third-order valence-electron chi connectivity index (χ3n) is 4.98. The van der Waals surface area contributed by atoms with Gasteiger partial charge < -0.3 is 9.32 Å². The van der Waals surface area contributed by atoms with Gasteiger partial charge in [0.15, 0.2) is 5.43 Å². The molecule has 0 radical (unpaired) electrons. The Balaban J connectivity index is 1.94. The molecule has 0 spiro atoms. The number of hydrogen-bond donors (Lipinski definition) is 0. The molecule has 4 rings (SSSR count). The molecule has 0 saturated heterocycles. The van der Waals surface area contributed by atoms with Gasteiger partial charge in [-0.25, -0.2) is 0 Å². The molecule has 2 aromatic carbocycles. The number of fused-ring (bicyclic) bond motifs is 2. The van der Waals surface area contributed by atoms with E-state index in [-0.39, 0.29) is 17.1 Å². The third kappa shape index (κ3) is 2.44. The van der Waals surface area contributed by atoms with Gasteiger partial charge in [-0.2, -0.15) is 0 Å². The largest absolute Gasteiger partial charge is 0.450 e. The highest BCUT2D eigenvalue weighted by molar-refractivity contribution is 6.31. The first kappa shape index (κ1) is 16.9. The number of halogens is 1. The summed E-state index contributed by atoms with van der Waals surface area (Å²) >= 11 is 6.04. The summed E-state index contributed by atoms with van der Waals surface area (Å²) in [4.78, 5) is 27.4. The van der Waals surface area contributed by atoms with Gasteiger partial charge in [0.2, 0.25) is 5.76 Å². The van der Waals surface area contributed by atoms with Gasteiger partial charge in [-0.15, -0.1) is 0 Å². The Morgan fingerprint density at radius 1 is 1.08 bits per heavy atom. The smallest absolute Gasteiger partial charge is 0.290 e. The Bertz CT molecular complexity index is 1080. The fraction of sp³-hybridized carbons (Fsp3) is 0.238. The maximum absolute atomic E-state index is 13.1. The van der Waals surface area contributed by atoms with Crippen molar-refractivity contribution in [3.8, 4) is 0 Å². The minimum Gasteiger partial charge on any atom is -0.450 e. The first-order chi connectivity index (χ1) is 12.4. The van der Waals surface area contributed by atoms with Crippen molar-refractivity contribution in [2.45, 2.75) is 25.8 Å². The van der Waals surface area contributed by atoms with Crippen molar-refractivity contribution >= 4 is 28.5 Å². The molecule has 0 aliphatic carbocycles. The molecule has 5 heteroatoms. The minimum absolute atomic E-state index is 0.116. The summed E-state index contributed by atoms with van der Waals surface area (Å²) in [7, 11) is 1.69. The van der Waals surface area contributed by atoms with E-state index in [1.54, 1.807) is 30.1 Å². The van der Waals surface area contributed by atoms with Crippen molar-refractivity contribution in [2.24, 2.45) is 0 Å². The quantitative estimate of drug-likeness (QED) is 0.657. The van der Waals surface area contributed by atoms with Crippen LogP contribution in [0.5, 0.6) is 0 Å². The monoisotopic (exact) mass is 367 g/mol. The van der Waals surface area contributed by atoms with Crippen LogP contribution in [0, 0.1) is 0 Å². The lowest BCUT2D eigenvalue weighted by Crippen LogP contribution is -2.25. The van der Waals surface area contributed by atoms with Crippen molar-refractivity contribution in [1.29, 1.82) is 0 Å². The Morgan fingerprint density at radius 3 is 2.42 bits per heavy atom. The molecule has 132 valence electrons. The zero-order chi connectivity index (χ0) is 18.6. The molecule has 1 unspecified atom stereocenters. The van der Waals surface area contributed by atoms with Crippen LogP contribution in [-0.2, 0) is 0 Å². The van der Waals surface area contributed by atoms with Crippen molar-refractivity contribution in [1.82, 2.24) is 4.90 Å². The zero-order valence-corrected chi connectivity index (χ0v) is 15.5. The van der Waals surface area contributed by atoms with Crippen LogP contribution in [0.1, 0.15) is 53.1 Å². The van der Waals surface area contributed by atoms with Crippen molar-refractivity contribution < 1.29 is 9.21 Å². The molecule has 1 atom stereocenters. The Hall–Kier alpha value is -2.59. The molecule has 1 aliphatic rings. The summed E-state index contributed by atoms with van der Waals surface area (Å²) in [6.07, 6.45) is 0. The molecule has 0 N–H and O–H groups in total. The van der Waals surface area contributed by atoms with Crippen LogP contribution in [0.25, 0.3) is 11.0 Å². The number of rotatable bonds is 2. The number of amides is 1. The summed E-state index contributed by atoms with van der Waals surface area (Å²) in [5.74, 6) is 0.243. The van der Waals surface area contributed by atoms with Crippen LogP contribution in [0.2, 0.25) is 5.02 Å². The van der Waals surface area contributed by atoms with E-state index in [0.717, 1.165) is 5.56 Å². The first-order valence-electron chi connectivity index (χ1n) is 8.51. The van der Waals surface area contributed by atoms with Crippen LogP contribution in [0.4, 0.5) is 0 Å². The van der Waals surface area contributed by atoms with Crippen molar-refractivity contribution in [2.75, 3.05) is 7.05 Å². The number of nitrogens with zero attached hydrogens (tertiary/aromatic N) is 1. The molecule has 2 heterocycles. The maximum Gasteiger partial charge on any atom is 0.290 e. The molecule has 1 aromatic heterocycles. The molecule has 1 aliphatic heterocycles. The predicted octanol–water partition coefficient (Wildman–Crippen LogP) is 4.74. The molecule has 0 fully saturated rings. The normalized spacial score (nSPS) is 16.6. The highest BCUT2D eigenvalue weighted by atomic mass is 35.5. The molecule has 0 bridgehead atoms. The van der Waals surface area contributed by atoms with E-state index in [4.69, 9.17) is 16.0 Å².